The Morgan fingerprint density at radius 2 is 2.11 bits per heavy atom. The molecule has 98 valence electrons. The molecule has 1 aliphatic rings. The highest BCUT2D eigenvalue weighted by Crippen LogP contribution is 2.37. The summed E-state index contributed by atoms with van der Waals surface area (Å²) in [5.74, 6) is 1.44. The highest BCUT2D eigenvalue weighted by atomic mass is 16.7. The van der Waals surface area contributed by atoms with Gasteiger partial charge in [0.15, 0.2) is 11.5 Å². The molecule has 0 atom stereocenters. The molecule has 0 bridgehead atoms. The Hall–Kier alpha value is -2.43. The maximum atomic E-state index is 9.93. The largest absolute Gasteiger partial charge is 0.507 e. The minimum Gasteiger partial charge on any atom is -0.507 e. The number of aromatic hydroxyl groups is 1. The van der Waals surface area contributed by atoms with E-state index in [1.807, 2.05) is 19.1 Å². The van der Waals surface area contributed by atoms with Gasteiger partial charge in [0.05, 0.1) is 11.4 Å². The third-order valence-electron chi connectivity index (χ3n) is 3.05. The number of aromatic nitrogens is 1. The molecular formula is C14H14N2O3. The van der Waals surface area contributed by atoms with Crippen LogP contribution in [0.25, 0.3) is 0 Å². The number of hydrogen-bond donors (Lipinski definition) is 2. The van der Waals surface area contributed by atoms with E-state index in [4.69, 9.17) is 9.47 Å². The molecule has 0 spiro atoms. The Labute approximate surface area is 110 Å². The molecular weight excluding hydrogens is 244 g/mol. The van der Waals surface area contributed by atoms with Crippen LogP contribution in [0.1, 0.15) is 11.3 Å². The first kappa shape index (κ1) is 11.6. The van der Waals surface area contributed by atoms with Gasteiger partial charge in [0, 0.05) is 24.4 Å². The molecule has 5 heteroatoms. The second-order valence-electron chi connectivity index (χ2n) is 4.32. The van der Waals surface area contributed by atoms with Gasteiger partial charge in [0.1, 0.15) is 5.75 Å². The molecule has 0 saturated carbocycles. The number of aryl methyl sites for hydroxylation is 1. The number of phenols is 1. The van der Waals surface area contributed by atoms with Crippen molar-refractivity contribution in [3.05, 3.63) is 41.7 Å². The topological polar surface area (TPSA) is 63.6 Å². The van der Waals surface area contributed by atoms with E-state index in [2.05, 4.69) is 10.3 Å². The van der Waals surface area contributed by atoms with Crippen LogP contribution in [-0.4, -0.2) is 16.9 Å². The van der Waals surface area contributed by atoms with E-state index in [-0.39, 0.29) is 12.5 Å². The van der Waals surface area contributed by atoms with Crippen LogP contribution in [0, 0.1) is 6.92 Å². The molecule has 19 heavy (non-hydrogen) atoms. The van der Waals surface area contributed by atoms with Crippen molar-refractivity contribution in [3.8, 4) is 17.2 Å². The predicted octanol–water partition coefficient (Wildman–Crippen LogP) is 2.44. The third-order valence-corrected chi connectivity index (χ3v) is 3.05. The molecule has 1 aromatic carbocycles. The quantitative estimate of drug-likeness (QED) is 0.885. The third kappa shape index (κ3) is 2.27. The predicted molar refractivity (Wildman–Crippen MR) is 70.5 cm³/mol. The van der Waals surface area contributed by atoms with Gasteiger partial charge in [-0.25, -0.2) is 0 Å². The van der Waals surface area contributed by atoms with Crippen molar-refractivity contribution in [2.75, 3.05) is 12.1 Å². The molecule has 1 aliphatic heterocycles. The van der Waals surface area contributed by atoms with E-state index in [0.29, 0.717) is 18.0 Å². The first-order chi connectivity index (χ1) is 9.24. The number of pyridine rings is 1. The van der Waals surface area contributed by atoms with Crippen molar-refractivity contribution < 1.29 is 14.6 Å². The summed E-state index contributed by atoms with van der Waals surface area (Å²) in [5, 5.41) is 13.2. The van der Waals surface area contributed by atoms with E-state index >= 15 is 0 Å². The monoisotopic (exact) mass is 258 g/mol. The van der Waals surface area contributed by atoms with Crippen LogP contribution in [0.3, 0.4) is 0 Å². The van der Waals surface area contributed by atoms with Crippen molar-refractivity contribution in [3.63, 3.8) is 0 Å². The minimum absolute atomic E-state index is 0.193. The first-order valence-corrected chi connectivity index (χ1v) is 6.01. The van der Waals surface area contributed by atoms with Crippen molar-refractivity contribution in [2.24, 2.45) is 0 Å². The Balaban J connectivity index is 1.79. The molecule has 5 nitrogen and oxygen atoms in total. The lowest BCUT2D eigenvalue weighted by Crippen LogP contribution is -2.02. The summed E-state index contributed by atoms with van der Waals surface area (Å²) in [7, 11) is 0. The van der Waals surface area contributed by atoms with Crippen LogP contribution in [0.15, 0.2) is 30.5 Å². The number of phenolic OH excluding ortho intramolecular Hbond substituents is 1. The van der Waals surface area contributed by atoms with Crippen LogP contribution in [0.2, 0.25) is 0 Å². The van der Waals surface area contributed by atoms with Gasteiger partial charge < -0.3 is 19.9 Å². The average Bonchev–Trinajstić information content (AvgIpc) is 2.84. The summed E-state index contributed by atoms with van der Waals surface area (Å²) in [6.07, 6.45) is 1.75. The van der Waals surface area contributed by atoms with E-state index in [1.54, 1.807) is 18.3 Å². The maximum Gasteiger partial charge on any atom is 0.231 e. The van der Waals surface area contributed by atoms with Gasteiger partial charge in [-0.3, -0.25) is 4.98 Å². The normalized spacial score (nSPS) is 12.5. The van der Waals surface area contributed by atoms with Gasteiger partial charge in [0.2, 0.25) is 6.79 Å². The smallest absolute Gasteiger partial charge is 0.231 e. The number of nitrogens with zero attached hydrogens (tertiary/aromatic N) is 1. The van der Waals surface area contributed by atoms with Crippen LogP contribution < -0.4 is 14.8 Å². The summed E-state index contributed by atoms with van der Waals surface area (Å²) in [6, 6.07) is 7.19. The van der Waals surface area contributed by atoms with Crippen molar-refractivity contribution in [1.82, 2.24) is 4.98 Å². The Bertz CT molecular complexity index is 614. The zero-order valence-electron chi connectivity index (χ0n) is 10.5. The standard InChI is InChI=1S/C14H14N2O3/c1-9-11(3-2-4-15-9)16-7-10-5-13-14(6-12(10)17)19-8-18-13/h2-6,16-17H,7-8H2,1H3. The fourth-order valence-corrected chi connectivity index (χ4v) is 1.98. The van der Waals surface area contributed by atoms with Gasteiger partial charge in [-0.1, -0.05) is 0 Å². The van der Waals surface area contributed by atoms with Crippen LogP contribution >= 0.6 is 0 Å². The SMILES string of the molecule is Cc1ncccc1NCc1cc2c(cc1O)OCO2. The summed E-state index contributed by atoms with van der Waals surface area (Å²) in [6.45, 7) is 2.63. The lowest BCUT2D eigenvalue weighted by Gasteiger charge is -2.10. The highest BCUT2D eigenvalue weighted by molar-refractivity contribution is 5.53. The molecule has 2 aromatic rings. The number of hydrogen-bond acceptors (Lipinski definition) is 5. The number of anilines is 1. The summed E-state index contributed by atoms with van der Waals surface area (Å²) in [4.78, 5) is 4.20. The Morgan fingerprint density at radius 1 is 1.32 bits per heavy atom. The number of benzene rings is 1. The molecule has 0 fully saturated rings. The van der Waals surface area contributed by atoms with Gasteiger partial charge in [-0.2, -0.15) is 0 Å². The van der Waals surface area contributed by atoms with Crippen LogP contribution in [0.5, 0.6) is 17.2 Å². The van der Waals surface area contributed by atoms with Crippen LogP contribution in [0.4, 0.5) is 5.69 Å². The van der Waals surface area contributed by atoms with E-state index < -0.39 is 0 Å². The fraction of sp³-hybridized carbons (Fsp3) is 0.214. The van der Waals surface area contributed by atoms with Gasteiger partial charge >= 0.3 is 0 Å². The zero-order chi connectivity index (χ0) is 13.2. The lowest BCUT2D eigenvalue weighted by molar-refractivity contribution is 0.174. The summed E-state index contributed by atoms with van der Waals surface area (Å²) >= 11 is 0. The molecule has 2 N–H and O–H groups in total. The molecule has 0 amide bonds. The van der Waals surface area contributed by atoms with Crippen molar-refractivity contribution in [1.29, 1.82) is 0 Å². The highest BCUT2D eigenvalue weighted by Gasteiger charge is 2.16. The number of ether oxygens (including phenoxy) is 2. The number of rotatable bonds is 3. The average molecular weight is 258 g/mol. The molecule has 2 heterocycles. The Kier molecular flexibility index (Phi) is 2.87. The van der Waals surface area contributed by atoms with Gasteiger partial charge in [-0.05, 0) is 25.1 Å². The Morgan fingerprint density at radius 3 is 2.89 bits per heavy atom. The molecule has 0 unspecified atom stereocenters. The fourth-order valence-electron chi connectivity index (χ4n) is 1.98. The van der Waals surface area contributed by atoms with E-state index in [0.717, 1.165) is 16.9 Å². The molecule has 3 rings (SSSR count). The zero-order valence-corrected chi connectivity index (χ0v) is 10.5. The lowest BCUT2D eigenvalue weighted by atomic mass is 10.1. The second-order valence-corrected chi connectivity index (χ2v) is 4.32. The van der Waals surface area contributed by atoms with Gasteiger partial charge in [-0.15, -0.1) is 0 Å². The van der Waals surface area contributed by atoms with Crippen molar-refractivity contribution in [2.45, 2.75) is 13.5 Å². The van der Waals surface area contributed by atoms with Crippen molar-refractivity contribution >= 4 is 5.69 Å². The molecule has 0 aliphatic carbocycles. The minimum atomic E-state index is 0.193. The molecule has 0 radical (unpaired) electrons. The summed E-state index contributed by atoms with van der Waals surface area (Å²) < 4.78 is 10.5. The van der Waals surface area contributed by atoms with Crippen LogP contribution in [-0.2, 0) is 6.54 Å². The van der Waals surface area contributed by atoms with E-state index in [1.165, 1.54) is 0 Å². The van der Waals surface area contributed by atoms with Gasteiger partial charge in [0.25, 0.3) is 0 Å². The molecule has 0 saturated heterocycles. The summed E-state index contributed by atoms with van der Waals surface area (Å²) in [5.41, 5.74) is 2.62. The first-order valence-electron chi connectivity index (χ1n) is 6.01. The second kappa shape index (κ2) is 4.68. The maximum absolute atomic E-state index is 9.93. The van der Waals surface area contributed by atoms with E-state index in [9.17, 15) is 5.11 Å². The molecule has 1 aromatic heterocycles. The number of fused-ring (bicyclic) bond motifs is 1. The number of nitrogens with one attached hydrogen (secondary N) is 1.